The van der Waals surface area contributed by atoms with Gasteiger partial charge in [0.15, 0.2) is 0 Å². The van der Waals surface area contributed by atoms with E-state index in [-0.39, 0.29) is 34.0 Å². The Hall–Kier alpha value is -2.35. The van der Waals surface area contributed by atoms with Crippen molar-refractivity contribution in [2.45, 2.75) is 26.9 Å². The van der Waals surface area contributed by atoms with Crippen molar-refractivity contribution in [2.24, 2.45) is 5.92 Å². The van der Waals surface area contributed by atoms with Crippen LogP contribution in [0.2, 0.25) is 5.02 Å². The molecule has 1 aromatic carbocycles. The molecule has 0 saturated carbocycles. The molecule has 0 bridgehead atoms. The van der Waals surface area contributed by atoms with Gasteiger partial charge in [-0.2, -0.15) is 13.2 Å². The number of carbonyl (C=O) groups excluding carboxylic acids is 1. The average Bonchev–Trinajstić information content (AvgIpc) is 2.52. The van der Waals surface area contributed by atoms with Crippen LogP contribution in [0.5, 0.6) is 0 Å². The number of benzene rings is 1. The van der Waals surface area contributed by atoms with Crippen molar-refractivity contribution in [3.8, 4) is 0 Å². The number of alkyl halides is 3. The number of rotatable bonds is 5. The van der Waals surface area contributed by atoms with Gasteiger partial charge in [-0.1, -0.05) is 25.4 Å². The van der Waals surface area contributed by atoms with E-state index in [1.54, 1.807) is 6.92 Å². The summed E-state index contributed by atoms with van der Waals surface area (Å²) in [4.78, 5) is 20.2. The van der Waals surface area contributed by atoms with Crippen LogP contribution < -0.4 is 10.6 Å². The van der Waals surface area contributed by atoms with Crippen LogP contribution in [0.4, 0.5) is 24.7 Å². The second-order valence-corrected chi connectivity index (χ2v) is 6.54. The first-order valence-corrected chi connectivity index (χ1v) is 8.21. The number of hydrogen-bond donors (Lipinski definition) is 2. The SMILES string of the molecule is Cc1nc(Nc2ccc(Cl)cc2C(F)(F)F)cc(C(=O)NCC(C)C)n1. The minimum atomic E-state index is -4.59. The summed E-state index contributed by atoms with van der Waals surface area (Å²) in [5.74, 6) is 0.175. The lowest BCUT2D eigenvalue weighted by molar-refractivity contribution is -0.136. The van der Waals surface area contributed by atoms with Gasteiger partial charge in [0.1, 0.15) is 17.3 Å². The number of hydrogen-bond acceptors (Lipinski definition) is 4. The van der Waals surface area contributed by atoms with Crippen molar-refractivity contribution in [1.29, 1.82) is 0 Å². The van der Waals surface area contributed by atoms with E-state index in [1.165, 1.54) is 18.2 Å². The molecule has 0 spiro atoms. The summed E-state index contributed by atoms with van der Waals surface area (Å²) < 4.78 is 39.6. The highest BCUT2D eigenvalue weighted by Crippen LogP contribution is 2.37. The van der Waals surface area contributed by atoms with Gasteiger partial charge in [0.2, 0.25) is 0 Å². The average molecular weight is 387 g/mol. The quantitative estimate of drug-likeness (QED) is 0.788. The molecule has 0 aliphatic rings. The number of amides is 1. The van der Waals surface area contributed by atoms with E-state index in [0.29, 0.717) is 6.54 Å². The van der Waals surface area contributed by atoms with Gasteiger partial charge in [0.25, 0.3) is 5.91 Å². The molecule has 0 fully saturated rings. The monoisotopic (exact) mass is 386 g/mol. The molecule has 1 aromatic heterocycles. The summed E-state index contributed by atoms with van der Waals surface area (Å²) in [5.41, 5.74) is -1.07. The fourth-order valence-corrected chi connectivity index (χ4v) is 2.31. The van der Waals surface area contributed by atoms with Crippen LogP contribution in [0.1, 0.15) is 35.7 Å². The number of nitrogens with one attached hydrogen (secondary N) is 2. The molecule has 140 valence electrons. The molecule has 0 atom stereocenters. The Morgan fingerprint density at radius 1 is 1.23 bits per heavy atom. The molecule has 1 heterocycles. The maximum Gasteiger partial charge on any atom is 0.418 e. The van der Waals surface area contributed by atoms with Crippen LogP contribution in [0.3, 0.4) is 0 Å². The van der Waals surface area contributed by atoms with Crippen molar-refractivity contribution in [3.05, 3.63) is 46.4 Å². The van der Waals surface area contributed by atoms with Crippen molar-refractivity contribution < 1.29 is 18.0 Å². The Kier molecular flexibility index (Phi) is 6.07. The summed E-state index contributed by atoms with van der Waals surface area (Å²) in [6, 6.07) is 4.68. The maximum absolute atomic E-state index is 13.2. The molecule has 1 amide bonds. The largest absolute Gasteiger partial charge is 0.418 e. The molecule has 0 aliphatic heterocycles. The molecule has 2 aromatic rings. The van der Waals surface area contributed by atoms with Crippen LogP contribution in [-0.2, 0) is 6.18 Å². The number of halogens is 4. The molecule has 0 aliphatic carbocycles. The molecule has 2 rings (SSSR count). The van der Waals surface area contributed by atoms with E-state index >= 15 is 0 Å². The zero-order valence-electron chi connectivity index (χ0n) is 14.4. The second kappa shape index (κ2) is 7.90. The molecule has 0 saturated heterocycles. The molecule has 2 N–H and O–H groups in total. The maximum atomic E-state index is 13.2. The zero-order chi connectivity index (χ0) is 19.5. The Morgan fingerprint density at radius 3 is 2.54 bits per heavy atom. The normalized spacial score (nSPS) is 11.5. The van der Waals surface area contributed by atoms with Crippen LogP contribution in [-0.4, -0.2) is 22.4 Å². The Morgan fingerprint density at radius 2 is 1.92 bits per heavy atom. The first-order chi connectivity index (χ1) is 12.1. The number of aromatic nitrogens is 2. The standard InChI is InChI=1S/C17H18ClF3N4O/c1-9(2)8-22-16(26)14-7-15(24-10(3)23-14)25-13-5-4-11(18)6-12(13)17(19,20)21/h4-7,9H,8H2,1-3H3,(H,22,26)(H,23,24,25). The van der Waals surface area contributed by atoms with E-state index in [2.05, 4.69) is 20.6 Å². The summed E-state index contributed by atoms with van der Waals surface area (Å²) in [6.07, 6.45) is -4.59. The summed E-state index contributed by atoms with van der Waals surface area (Å²) in [7, 11) is 0. The topological polar surface area (TPSA) is 66.9 Å². The van der Waals surface area contributed by atoms with Crippen molar-refractivity contribution >= 4 is 29.0 Å². The van der Waals surface area contributed by atoms with Crippen molar-refractivity contribution in [3.63, 3.8) is 0 Å². The third-order valence-corrected chi connectivity index (χ3v) is 3.53. The van der Waals surface area contributed by atoms with Crippen LogP contribution in [0.25, 0.3) is 0 Å². The molecule has 5 nitrogen and oxygen atoms in total. The van der Waals surface area contributed by atoms with Crippen molar-refractivity contribution in [2.75, 3.05) is 11.9 Å². The summed E-state index contributed by atoms with van der Waals surface area (Å²) in [6.45, 7) is 5.90. The van der Waals surface area contributed by atoms with Gasteiger partial charge in [0, 0.05) is 17.6 Å². The highest BCUT2D eigenvalue weighted by Gasteiger charge is 2.34. The predicted octanol–water partition coefficient (Wildman–Crippen LogP) is 4.59. The lowest BCUT2D eigenvalue weighted by Crippen LogP contribution is -2.28. The highest BCUT2D eigenvalue weighted by molar-refractivity contribution is 6.30. The molecule has 9 heteroatoms. The van der Waals surface area contributed by atoms with Gasteiger partial charge >= 0.3 is 6.18 Å². The molecule has 0 unspecified atom stereocenters. The number of carbonyl (C=O) groups is 1. The van der Waals surface area contributed by atoms with Crippen LogP contribution in [0.15, 0.2) is 24.3 Å². The van der Waals surface area contributed by atoms with Gasteiger partial charge in [-0.25, -0.2) is 9.97 Å². The molecule has 26 heavy (non-hydrogen) atoms. The van der Waals surface area contributed by atoms with Crippen molar-refractivity contribution in [1.82, 2.24) is 15.3 Å². The van der Waals surface area contributed by atoms with E-state index in [4.69, 9.17) is 11.6 Å². The smallest absolute Gasteiger partial charge is 0.350 e. The Bertz CT molecular complexity index is 809. The Balaban J connectivity index is 2.32. The molecular weight excluding hydrogens is 369 g/mol. The van der Waals surface area contributed by atoms with Gasteiger partial charge in [-0.05, 0) is 31.0 Å². The van der Waals surface area contributed by atoms with E-state index in [9.17, 15) is 18.0 Å². The van der Waals surface area contributed by atoms with Gasteiger partial charge in [-0.3, -0.25) is 4.79 Å². The Labute approximate surface area is 154 Å². The fourth-order valence-electron chi connectivity index (χ4n) is 2.13. The second-order valence-electron chi connectivity index (χ2n) is 6.10. The minimum absolute atomic E-state index is 0.0319. The fraction of sp³-hybridized carbons (Fsp3) is 0.353. The summed E-state index contributed by atoms with van der Waals surface area (Å²) >= 11 is 5.67. The van der Waals surface area contributed by atoms with Gasteiger partial charge < -0.3 is 10.6 Å². The lowest BCUT2D eigenvalue weighted by Gasteiger charge is -2.15. The van der Waals surface area contributed by atoms with Crippen LogP contribution in [0, 0.1) is 12.8 Å². The third-order valence-electron chi connectivity index (χ3n) is 3.29. The van der Waals surface area contributed by atoms with E-state index in [1.807, 2.05) is 13.8 Å². The van der Waals surface area contributed by atoms with Gasteiger partial charge in [-0.15, -0.1) is 0 Å². The van der Waals surface area contributed by atoms with E-state index in [0.717, 1.165) is 6.07 Å². The van der Waals surface area contributed by atoms with E-state index < -0.39 is 17.6 Å². The molecule has 0 radical (unpaired) electrons. The summed E-state index contributed by atoms with van der Waals surface area (Å²) in [5, 5.41) is 5.27. The first kappa shape index (κ1) is 20.0. The lowest BCUT2D eigenvalue weighted by atomic mass is 10.1. The number of nitrogens with zero attached hydrogens (tertiary/aromatic N) is 2. The predicted molar refractivity (Wildman–Crippen MR) is 93.7 cm³/mol. The third kappa shape index (κ3) is 5.32. The first-order valence-electron chi connectivity index (χ1n) is 7.84. The number of anilines is 2. The van der Waals surface area contributed by atoms with Crippen LogP contribution >= 0.6 is 11.6 Å². The minimum Gasteiger partial charge on any atom is -0.350 e. The zero-order valence-corrected chi connectivity index (χ0v) is 15.2. The molecular formula is C17H18ClF3N4O. The highest BCUT2D eigenvalue weighted by atomic mass is 35.5. The number of aryl methyl sites for hydroxylation is 1. The van der Waals surface area contributed by atoms with Gasteiger partial charge in [0.05, 0.1) is 11.3 Å².